The fourth-order valence-corrected chi connectivity index (χ4v) is 1.55. The third kappa shape index (κ3) is 0.744. The maximum atomic E-state index is 5.95. The molecular formula is C8H7Cl. The molecule has 0 spiro atoms. The smallest absolute Gasteiger partial charge is 0.0625 e. The summed E-state index contributed by atoms with van der Waals surface area (Å²) in [4.78, 5) is 0. The lowest BCUT2D eigenvalue weighted by atomic mass is 10.2. The van der Waals surface area contributed by atoms with Crippen LogP contribution in [0, 0.1) is 0 Å². The van der Waals surface area contributed by atoms with Crippen LogP contribution in [0.3, 0.4) is 0 Å². The summed E-state index contributed by atoms with van der Waals surface area (Å²) in [6.45, 7) is 0. The van der Waals surface area contributed by atoms with Gasteiger partial charge in [0, 0.05) is 0 Å². The standard InChI is InChI=1S/C8H7Cl/c9-8-5-6-2-1-3-7(8)4-6/h1-4,8H,5H2. The molecule has 1 aromatic rings. The van der Waals surface area contributed by atoms with Gasteiger partial charge in [0.05, 0.1) is 5.38 Å². The van der Waals surface area contributed by atoms with Gasteiger partial charge in [0.25, 0.3) is 0 Å². The normalized spacial score (nSPS) is 22.6. The van der Waals surface area contributed by atoms with Gasteiger partial charge in [-0.15, -0.1) is 11.6 Å². The lowest BCUT2D eigenvalue weighted by Gasteiger charge is -1.94. The van der Waals surface area contributed by atoms with E-state index < -0.39 is 0 Å². The van der Waals surface area contributed by atoms with Crippen LogP contribution in [0.4, 0.5) is 0 Å². The van der Waals surface area contributed by atoms with Crippen LogP contribution in [0.25, 0.3) is 0 Å². The summed E-state index contributed by atoms with van der Waals surface area (Å²) in [5.74, 6) is 0. The van der Waals surface area contributed by atoms with Crippen LogP contribution in [-0.2, 0) is 6.42 Å². The quantitative estimate of drug-likeness (QED) is 0.484. The Hall–Kier alpha value is -0.490. The van der Waals surface area contributed by atoms with Crippen molar-refractivity contribution in [2.45, 2.75) is 11.8 Å². The molecule has 0 fully saturated rings. The number of benzene rings is 1. The van der Waals surface area contributed by atoms with Crippen LogP contribution in [0.1, 0.15) is 16.5 Å². The number of hydrogen-bond donors (Lipinski definition) is 0. The summed E-state index contributed by atoms with van der Waals surface area (Å²) in [6, 6.07) is 8.42. The molecule has 0 heterocycles. The molecule has 2 bridgehead atoms. The SMILES string of the molecule is ClC1Cc2cccc1c2. The van der Waals surface area contributed by atoms with E-state index in [1.807, 2.05) is 0 Å². The maximum absolute atomic E-state index is 5.95. The first kappa shape index (κ1) is 5.31. The average molecular weight is 139 g/mol. The van der Waals surface area contributed by atoms with Crippen molar-refractivity contribution in [3.8, 4) is 0 Å². The van der Waals surface area contributed by atoms with Crippen LogP contribution in [0.2, 0.25) is 0 Å². The second-order valence-electron chi connectivity index (χ2n) is 2.42. The molecule has 1 unspecified atom stereocenters. The van der Waals surface area contributed by atoms with E-state index in [-0.39, 0.29) is 5.38 Å². The zero-order chi connectivity index (χ0) is 6.27. The fourth-order valence-electron chi connectivity index (χ4n) is 1.24. The van der Waals surface area contributed by atoms with E-state index >= 15 is 0 Å². The first-order chi connectivity index (χ1) is 4.36. The van der Waals surface area contributed by atoms with Crippen molar-refractivity contribution < 1.29 is 0 Å². The molecule has 46 valence electrons. The highest BCUT2D eigenvalue weighted by Crippen LogP contribution is 2.31. The lowest BCUT2D eigenvalue weighted by molar-refractivity contribution is 0.985. The largest absolute Gasteiger partial charge is 0.117 e. The van der Waals surface area contributed by atoms with Crippen LogP contribution in [-0.4, -0.2) is 0 Å². The molecule has 0 saturated heterocycles. The zero-order valence-corrected chi connectivity index (χ0v) is 5.73. The molecule has 0 aromatic heterocycles. The molecule has 2 rings (SSSR count). The Morgan fingerprint density at radius 2 is 2.33 bits per heavy atom. The number of hydrogen-bond acceptors (Lipinski definition) is 0. The molecule has 1 aliphatic carbocycles. The van der Waals surface area contributed by atoms with Crippen molar-refractivity contribution in [3.63, 3.8) is 0 Å². The Balaban J connectivity index is 2.56. The predicted molar refractivity (Wildman–Crippen MR) is 38.7 cm³/mol. The highest BCUT2D eigenvalue weighted by atomic mass is 35.5. The van der Waals surface area contributed by atoms with Gasteiger partial charge in [0.1, 0.15) is 0 Å². The van der Waals surface area contributed by atoms with Gasteiger partial charge in [-0.2, -0.15) is 0 Å². The van der Waals surface area contributed by atoms with E-state index in [9.17, 15) is 0 Å². The van der Waals surface area contributed by atoms with Crippen LogP contribution < -0.4 is 0 Å². The molecule has 1 aromatic carbocycles. The van der Waals surface area contributed by atoms with Gasteiger partial charge in [-0.3, -0.25) is 0 Å². The Morgan fingerprint density at radius 1 is 1.44 bits per heavy atom. The van der Waals surface area contributed by atoms with E-state index in [1.54, 1.807) is 0 Å². The van der Waals surface area contributed by atoms with Gasteiger partial charge in [0.2, 0.25) is 0 Å². The predicted octanol–water partition coefficient (Wildman–Crippen LogP) is 2.52. The number of rotatable bonds is 0. The summed E-state index contributed by atoms with van der Waals surface area (Å²) in [5.41, 5.74) is 2.64. The maximum Gasteiger partial charge on any atom is 0.0625 e. The van der Waals surface area contributed by atoms with Crippen LogP contribution in [0.5, 0.6) is 0 Å². The summed E-state index contributed by atoms with van der Waals surface area (Å²) >= 11 is 5.95. The minimum atomic E-state index is 0.245. The summed E-state index contributed by atoms with van der Waals surface area (Å²) in [7, 11) is 0. The Morgan fingerprint density at radius 3 is 3.00 bits per heavy atom. The van der Waals surface area contributed by atoms with Crippen LogP contribution in [0.15, 0.2) is 24.3 Å². The van der Waals surface area contributed by atoms with Gasteiger partial charge in [0.15, 0.2) is 0 Å². The van der Waals surface area contributed by atoms with Crippen molar-refractivity contribution in [1.29, 1.82) is 0 Å². The summed E-state index contributed by atoms with van der Waals surface area (Å²) in [6.07, 6.45) is 1.02. The molecule has 0 N–H and O–H groups in total. The van der Waals surface area contributed by atoms with Crippen molar-refractivity contribution in [1.82, 2.24) is 0 Å². The minimum Gasteiger partial charge on any atom is -0.117 e. The van der Waals surface area contributed by atoms with E-state index in [2.05, 4.69) is 24.3 Å². The van der Waals surface area contributed by atoms with E-state index in [4.69, 9.17) is 11.6 Å². The third-order valence-electron chi connectivity index (χ3n) is 1.73. The molecule has 1 aliphatic rings. The van der Waals surface area contributed by atoms with Crippen LogP contribution >= 0.6 is 11.6 Å². The lowest BCUT2D eigenvalue weighted by Crippen LogP contribution is -1.80. The molecule has 1 heteroatoms. The molecule has 0 radical (unpaired) electrons. The van der Waals surface area contributed by atoms with Crippen molar-refractivity contribution in [2.75, 3.05) is 0 Å². The van der Waals surface area contributed by atoms with Gasteiger partial charge in [-0.25, -0.2) is 0 Å². The summed E-state index contributed by atoms with van der Waals surface area (Å²) < 4.78 is 0. The zero-order valence-electron chi connectivity index (χ0n) is 4.97. The molecule has 0 aliphatic heterocycles. The van der Waals surface area contributed by atoms with E-state index in [0.29, 0.717) is 0 Å². The Kier molecular flexibility index (Phi) is 1.03. The highest BCUT2D eigenvalue weighted by molar-refractivity contribution is 6.21. The van der Waals surface area contributed by atoms with Crippen molar-refractivity contribution in [2.24, 2.45) is 0 Å². The second kappa shape index (κ2) is 1.74. The minimum absolute atomic E-state index is 0.245. The van der Waals surface area contributed by atoms with E-state index in [1.165, 1.54) is 11.1 Å². The molecule has 0 nitrogen and oxygen atoms in total. The molecule has 1 atom stereocenters. The molecular weight excluding hydrogens is 132 g/mol. The van der Waals surface area contributed by atoms with Gasteiger partial charge < -0.3 is 0 Å². The summed E-state index contributed by atoms with van der Waals surface area (Å²) in [5, 5.41) is 0.245. The highest BCUT2D eigenvalue weighted by Gasteiger charge is 2.15. The van der Waals surface area contributed by atoms with E-state index in [0.717, 1.165) is 6.42 Å². The molecule has 0 saturated carbocycles. The number of alkyl halides is 1. The first-order valence-corrected chi connectivity index (χ1v) is 3.53. The van der Waals surface area contributed by atoms with Gasteiger partial charge in [-0.1, -0.05) is 24.3 Å². The van der Waals surface area contributed by atoms with Crippen molar-refractivity contribution >= 4 is 11.6 Å². The Labute approximate surface area is 59.5 Å². The molecule has 0 amide bonds. The number of halogens is 1. The van der Waals surface area contributed by atoms with Crippen molar-refractivity contribution in [3.05, 3.63) is 35.4 Å². The average Bonchev–Trinajstić information content (AvgIpc) is 2.09. The monoisotopic (exact) mass is 138 g/mol. The third-order valence-corrected chi connectivity index (χ3v) is 2.13. The van der Waals surface area contributed by atoms with Gasteiger partial charge in [-0.05, 0) is 17.5 Å². The molecule has 9 heavy (non-hydrogen) atoms. The van der Waals surface area contributed by atoms with Gasteiger partial charge >= 0.3 is 0 Å². The fraction of sp³-hybridized carbons (Fsp3) is 0.250. The first-order valence-electron chi connectivity index (χ1n) is 3.09. The Bertz CT molecular complexity index is 230. The topological polar surface area (TPSA) is 0 Å². The number of fused-ring (bicyclic) bond motifs is 2. The second-order valence-corrected chi connectivity index (χ2v) is 2.94.